The van der Waals surface area contributed by atoms with Gasteiger partial charge in [0.05, 0.1) is 5.75 Å². The fraction of sp³-hybridized carbons (Fsp3) is 0.625. The van der Waals surface area contributed by atoms with Gasteiger partial charge in [-0.2, -0.15) is 0 Å². The minimum absolute atomic E-state index is 0.121. The van der Waals surface area contributed by atoms with Crippen molar-refractivity contribution >= 4 is 10.0 Å². The maximum atomic E-state index is 12.4. The molecular formula is C16H26N2O2S. The Labute approximate surface area is 128 Å². The Bertz CT molecular complexity index is 520. The van der Waals surface area contributed by atoms with Crippen LogP contribution in [0, 0.1) is 0 Å². The lowest BCUT2D eigenvalue weighted by Crippen LogP contribution is -2.36. The minimum atomic E-state index is -3.15. The number of nitrogens with one attached hydrogen (secondary N) is 1. The smallest absolute Gasteiger partial charge is 0.218 e. The molecule has 0 aromatic heterocycles. The van der Waals surface area contributed by atoms with Crippen LogP contribution in [0.25, 0.3) is 0 Å². The van der Waals surface area contributed by atoms with Crippen molar-refractivity contribution in [3.05, 3.63) is 35.4 Å². The van der Waals surface area contributed by atoms with Crippen LogP contribution in [-0.4, -0.2) is 32.4 Å². The number of hydrogen-bond acceptors (Lipinski definition) is 3. The molecule has 1 fully saturated rings. The summed E-state index contributed by atoms with van der Waals surface area (Å²) in [5, 5.41) is 3.34. The first kappa shape index (κ1) is 16.5. The maximum absolute atomic E-state index is 12.4. The highest BCUT2D eigenvalue weighted by atomic mass is 32.2. The van der Waals surface area contributed by atoms with Gasteiger partial charge in [0, 0.05) is 19.6 Å². The Kier molecular flexibility index (Phi) is 6.21. The summed E-state index contributed by atoms with van der Waals surface area (Å²) in [4.78, 5) is 0. The Morgan fingerprint density at radius 3 is 2.29 bits per heavy atom. The van der Waals surface area contributed by atoms with Crippen molar-refractivity contribution < 1.29 is 8.42 Å². The lowest BCUT2D eigenvalue weighted by Gasteiger charge is -2.25. The molecule has 0 amide bonds. The first-order valence-corrected chi connectivity index (χ1v) is 9.49. The lowest BCUT2D eigenvalue weighted by atomic mass is 10.1. The van der Waals surface area contributed by atoms with E-state index in [4.69, 9.17) is 0 Å². The van der Waals surface area contributed by atoms with Crippen LogP contribution in [0.4, 0.5) is 0 Å². The van der Waals surface area contributed by atoms with Gasteiger partial charge in [-0.05, 0) is 36.9 Å². The largest absolute Gasteiger partial charge is 0.313 e. The van der Waals surface area contributed by atoms with E-state index in [1.165, 1.54) is 5.56 Å². The second-order valence-electron chi connectivity index (χ2n) is 5.71. The summed E-state index contributed by atoms with van der Waals surface area (Å²) in [6.07, 6.45) is 4.24. The van der Waals surface area contributed by atoms with Crippen LogP contribution in [0.1, 0.15) is 43.7 Å². The SMILES string of the molecule is CCCNCc1ccc(CS(=O)(=O)N2CCCCC2)cc1. The molecule has 0 bridgehead atoms. The molecule has 118 valence electrons. The average Bonchev–Trinajstić information content (AvgIpc) is 2.50. The molecule has 1 saturated heterocycles. The summed E-state index contributed by atoms with van der Waals surface area (Å²) in [5.74, 6) is 0.121. The summed E-state index contributed by atoms with van der Waals surface area (Å²) in [6, 6.07) is 7.91. The van der Waals surface area contributed by atoms with Gasteiger partial charge >= 0.3 is 0 Å². The van der Waals surface area contributed by atoms with Crippen molar-refractivity contribution in [2.45, 2.75) is 44.9 Å². The van der Waals surface area contributed by atoms with Gasteiger partial charge in [-0.25, -0.2) is 12.7 Å². The van der Waals surface area contributed by atoms with Crippen LogP contribution in [-0.2, 0) is 22.3 Å². The van der Waals surface area contributed by atoms with Crippen molar-refractivity contribution in [3.8, 4) is 0 Å². The number of rotatable bonds is 7. The van der Waals surface area contributed by atoms with E-state index in [2.05, 4.69) is 12.2 Å². The predicted molar refractivity (Wildman–Crippen MR) is 86.5 cm³/mol. The third kappa shape index (κ3) is 5.09. The quantitative estimate of drug-likeness (QED) is 0.787. The Morgan fingerprint density at radius 2 is 1.67 bits per heavy atom. The molecule has 0 saturated carbocycles. The van der Waals surface area contributed by atoms with E-state index in [0.717, 1.165) is 44.3 Å². The zero-order chi connectivity index (χ0) is 15.1. The van der Waals surface area contributed by atoms with E-state index in [0.29, 0.717) is 13.1 Å². The molecule has 4 nitrogen and oxygen atoms in total. The van der Waals surface area contributed by atoms with Crippen LogP contribution in [0.5, 0.6) is 0 Å². The van der Waals surface area contributed by atoms with E-state index < -0.39 is 10.0 Å². The third-order valence-electron chi connectivity index (χ3n) is 3.84. The Hall–Kier alpha value is -0.910. The Balaban J connectivity index is 1.92. The fourth-order valence-electron chi connectivity index (χ4n) is 2.61. The molecule has 0 unspecified atom stereocenters. The van der Waals surface area contributed by atoms with Gasteiger partial charge < -0.3 is 5.32 Å². The molecule has 21 heavy (non-hydrogen) atoms. The highest BCUT2D eigenvalue weighted by Gasteiger charge is 2.23. The average molecular weight is 310 g/mol. The van der Waals surface area contributed by atoms with Crippen LogP contribution in [0.2, 0.25) is 0 Å². The third-order valence-corrected chi connectivity index (χ3v) is 5.69. The minimum Gasteiger partial charge on any atom is -0.313 e. The van der Waals surface area contributed by atoms with Crippen LogP contribution in [0.15, 0.2) is 24.3 Å². The molecule has 2 rings (SSSR count). The standard InChI is InChI=1S/C16H26N2O2S/c1-2-10-17-13-15-6-8-16(9-7-15)14-21(19,20)18-11-4-3-5-12-18/h6-9,17H,2-5,10-14H2,1H3. The molecule has 0 spiro atoms. The number of benzene rings is 1. The molecule has 1 aromatic carbocycles. The molecule has 1 aliphatic heterocycles. The number of hydrogen-bond donors (Lipinski definition) is 1. The number of sulfonamides is 1. The van der Waals surface area contributed by atoms with Crippen LogP contribution >= 0.6 is 0 Å². The van der Waals surface area contributed by atoms with E-state index in [-0.39, 0.29) is 5.75 Å². The van der Waals surface area contributed by atoms with Gasteiger partial charge in [-0.15, -0.1) is 0 Å². The van der Waals surface area contributed by atoms with E-state index >= 15 is 0 Å². The molecule has 0 atom stereocenters. The normalized spacial score (nSPS) is 17.0. The molecule has 0 radical (unpaired) electrons. The summed E-state index contributed by atoms with van der Waals surface area (Å²) >= 11 is 0. The molecule has 1 aliphatic rings. The molecule has 5 heteroatoms. The van der Waals surface area contributed by atoms with Gasteiger partial charge in [0.25, 0.3) is 0 Å². The van der Waals surface area contributed by atoms with Gasteiger partial charge in [0.15, 0.2) is 0 Å². The van der Waals surface area contributed by atoms with Gasteiger partial charge in [-0.3, -0.25) is 0 Å². The second-order valence-corrected chi connectivity index (χ2v) is 7.68. The van der Waals surface area contributed by atoms with Gasteiger partial charge in [0.2, 0.25) is 10.0 Å². The van der Waals surface area contributed by atoms with Gasteiger partial charge in [-0.1, -0.05) is 37.6 Å². The van der Waals surface area contributed by atoms with Crippen molar-refractivity contribution in [3.63, 3.8) is 0 Å². The molecule has 0 aliphatic carbocycles. The summed E-state index contributed by atoms with van der Waals surface area (Å²) in [7, 11) is -3.15. The first-order chi connectivity index (χ1) is 10.1. The summed E-state index contributed by atoms with van der Waals surface area (Å²) < 4.78 is 26.4. The topological polar surface area (TPSA) is 49.4 Å². The number of nitrogens with zero attached hydrogens (tertiary/aromatic N) is 1. The van der Waals surface area contributed by atoms with Crippen molar-refractivity contribution in [2.24, 2.45) is 0 Å². The monoisotopic (exact) mass is 310 g/mol. The van der Waals surface area contributed by atoms with E-state index in [9.17, 15) is 8.42 Å². The van der Waals surface area contributed by atoms with Crippen LogP contribution in [0.3, 0.4) is 0 Å². The van der Waals surface area contributed by atoms with Crippen molar-refractivity contribution in [1.29, 1.82) is 0 Å². The Morgan fingerprint density at radius 1 is 1.05 bits per heavy atom. The van der Waals surface area contributed by atoms with Crippen molar-refractivity contribution in [2.75, 3.05) is 19.6 Å². The summed E-state index contributed by atoms with van der Waals surface area (Å²) in [5.41, 5.74) is 2.07. The zero-order valence-corrected chi connectivity index (χ0v) is 13.7. The van der Waals surface area contributed by atoms with E-state index in [1.807, 2.05) is 24.3 Å². The van der Waals surface area contributed by atoms with Gasteiger partial charge in [0.1, 0.15) is 0 Å². The molecular weight excluding hydrogens is 284 g/mol. The maximum Gasteiger partial charge on any atom is 0.218 e. The zero-order valence-electron chi connectivity index (χ0n) is 12.8. The lowest BCUT2D eigenvalue weighted by molar-refractivity contribution is 0.346. The highest BCUT2D eigenvalue weighted by molar-refractivity contribution is 7.88. The number of piperidine rings is 1. The van der Waals surface area contributed by atoms with E-state index in [1.54, 1.807) is 4.31 Å². The second kappa shape index (κ2) is 7.92. The fourth-order valence-corrected chi connectivity index (χ4v) is 4.22. The molecule has 1 N–H and O–H groups in total. The summed E-state index contributed by atoms with van der Waals surface area (Å²) in [6.45, 7) is 5.35. The van der Waals surface area contributed by atoms with Crippen LogP contribution < -0.4 is 5.32 Å². The van der Waals surface area contributed by atoms with Crippen molar-refractivity contribution in [1.82, 2.24) is 9.62 Å². The highest BCUT2D eigenvalue weighted by Crippen LogP contribution is 2.17. The molecule has 1 aromatic rings. The first-order valence-electron chi connectivity index (χ1n) is 7.88. The molecule has 1 heterocycles. The predicted octanol–water partition coefficient (Wildman–Crippen LogP) is 2.50.